The lowest BCUT2D eigenvalue weighted by molar-refractivity contribution is 0.0941. The third-order valence-electron chi connectivity index (χ3n) is 3.07. The second-order valence-corrected chi connectivity index (χ2v) is 4.84. The monoisotopic (exact) mass is 297 g/mol. The first-order valence-corrected chi connectivity index (χ1v) is 7.00. The number of nitrogens with zero attached hydrogens (tertiary/aromatic N) is 2. The highest BCUT2D eigenvalue weighted by Gasteiger charge is 2.11. The van der Waals surface area contributed by atoms with Crippen LogP contribution in [0.1, 0.15) is 28.7 Å². The van der Waals surface area contributed by atoms with Gasteiger partial charge in [-0.05, 0) is 37.6 Å². The van der Waals surface area contributed by atoms with Crippen molar-refractivity contribution in [3.8, 4) is 17.6 Å². The first-order valence-electron chi connectivity index (χ1n) is 7.00. The van der Waals surface area contributed by atoms with Crippen molar-refractivity contribution in [3.63, 3.8) is 0 Å². The molecule has 0 atom stereocenters. The molecule has 1 heterocycles. The third-order valence-corrected chi connectivity index (χ3v) is 3.07. The largest absolute Gasteiger partial charge is 0.481 e. The molecule has 114 valence electrons. The van der Waals surface area contributed by atoms with Crippen LogP contribution < -0.4 is 10.1 Å². The number of rotatable bonds is 5. The van der Waals surface area contributed by atoms with Crippen molar-refractivity contribution in [2.24, 2.45) is 7.05 Å². The molecule has 22 heavy (non-hydrogen) atoms. The minimum atomic E-state index is -0.147. The second-order valence-electron chi connectivity index (χ2n) is 4.84. The number of ether oxygens (including phenoxy) is 1. The Morgan fingerprint density at radius 3 is 2.91 bits per heavy atom. The lowest BCUT2D eigenvalue weighted by Gasteiger charge is -2.07. The van der Waals surface area contributed by atoms with Crippen LogP contribution >= 0.6 is 0 Å². The molecule has 0 aliphatic carbocycles. The van der Waals surface area contributed by atoms with Gasteiger partial charge in [-0.2, -0.15) is 5.10 Å². The highest BCUT2D eigenvalue weighted by Crippen LogP contribution is 2.13. The molecule has 0 unspecified atom stereocenters. The molecule has 0 saturated carbocycles. The molecular formula is C17H19N3O2. The van der Waals surface area contributed by atoms with Crippen LogP contribution in [0.15, 0.2) is 30.3 Å². The van der Waals surface area contributed by atoms with Crippen molar-refractivity contribution < 1.29 is 9.53 Å². The Balaban J connectivity index is 1.96. The van der Waals surface area contributed by atoms with Crippen LogP contribution in [0.25, 0.3) is 0 Å². The standard InChI is InChI=1S/C17H19N3O2/c1-4-5-9-22-15-8-6-7-14(11-15)12-18-17(21)16-10-13(2)19-20(16)3/h6-8,10-11H,9,12H2,1-3H3,(H,18,21). The van der Waals surface area contributed by atoms with E-state index in [1.165, 1.54) is 0 Å². The van der Waals surface area contributed by atoms with Crippen molar-refractivity contribution in [1.82, 2.24) is 15.1 Å². The summed E-state index contributed by atoms with van der Waals surface area (Å²) in [6, 6.07) is 9.36. The molecule has 0 aliphatic heterocycles. The minimum Gasteiger partial charge on any atom is -0.481 e. The summed E-state index contributed by atoms with van der Waals surface area (Å²) in [5.74, 6) is 6.22. The number of hydrogen-bond acceptors (Lipinski definition) is 3. The lowest BCUT2D eigenvalue weighted by atomic mass is 10.2. The number of hydrogen-bond donors (Lipinski definition) is 1. The molecule has 1 amide bonds. The van der Waals surface area contributed by atoms with Gasteiger partial charge in [0.1, 0.15) is 18.1 Å². The van der Waals surface area contributed by atoms with Crippen molar-refractivity contribution in [2.45, 2.75) is 20.4 Å². The maximum Gasteiger partial charge on any atom is 0.269 e. The third kappa shape index (κ3) is 4.13. The zero-order valence-electron chi connectivity index (χ0n) is 13.0. The van der Waals surface area contributed by atoms with Gasteiger partial charge in [-0.15, -0.1) is 5.92 Å². The summed E-state index contributed by atoms with van der Waals surface area (Å²) in [4.78, 5) is 12.1. The van der Waals surface area contributed by atoms with Crippen LogP contribution in [-0.4, -0.2) is 22.3 Å². The molecule has 0 spiro atoms. The van der Waals surface area contributed by atoms with Crippen LogP contribution in [0, 0.1) is 18.8 Å². The topological polar surface area (TPSA) is 56.1 Å². The van der Waals surface area contributed by atoms with E-state index in [0.717, 1.165) is 17.0 Å². The van der Waals surface area contributed by atoms with Crippen LogP contribution in [0.5, 0.6) is 5.75 Å². The van der Waals surface area contributed by atoms with Crippen molar-refractivity contribution >= 4 is 5.91 Å². The number of amides is 1. The Morgan fingerprint density at radius 2 is 2.23 bits per heavy atom. The van der Waals surface area contributed by atoms with E-state index in [1.54, 1.807) is 24.7 Å². The van der Waals surface area contributed by atoms with Crippen LogP contribution in [-0.2, 0) is 13.6 Å². The maximum absolute atomic E-state index is 12.1. The molecule has 2 aromatic rings. The Hall–Kier alpha value is -2.74. The molecule has 5 nitrogen and oxygen atoms in total. The summed E-state index contributed by atoms with van der Waals surface area (Å²) in [6.45, 7) is 4.42. The Labute approximate surface area is 130 Å². The first-order chi connectivity index (χ1) is 10.6. The number of aromatic nitrogens is 2. The van der Waals surface area contributed by atoms with E-state index in [0.29, 0.717) is 18.8 Å². The highest BCUT2D eigenvalue weighted by atomic mass is 16.5. The van der Waals surface area contributed by atoms with E-state index in [1.807, 2.05) is 31.2 Å². The molecule has 1 aromatic carbocycles. The van der Waals surface area contributed by atoms with Gasteiger partial charge in [0.25, 0.3) is 5.91 Å². The average Bonchev–Trinajstić information content (AvgIpc) is 2.84. The van der Waals surface area contributed by atoms with Gasteiger partial charge in [0.15, 0.2) is 0 Å². The molecule has 2 rings (SSSR count). The predicted octanol–water partition coefficient (Wildman–Crippen LogP) is 2.06. The van der Waals surface area contributed by atoms with Gasteiger partial charge in [0.2, 0.25) is 0 Å². The smallest absolute Gasteiger partial charge is 0.269 e. The second kappa shape index (κ2) is 7.32. The van der Waals surface area contributed by atoms with Crippen molar-refractivity contribution in [3.05, 3.63) is 47.3 Å². The molecule has 0 aliphatic rings. The van der Waals surface area contributed by atoms with E-state index >= 15 is 0 Å². The Morgan fingerprint density at radius 1 is 1.41 bits per heavy atom. The normalized spacial score (nSPS) is 9.77. The summed E-state index contributed by atoms with van der Waals surface area (Å²) in [5.41, 5.74) is 2.33. The Kier molecular flexibility index (Phi) is 5.21. The van der Waals surface area contributed by atoms with Gasteiger partial charge in [0.05, 0.1) is 5.69 Å². The van der Waals surface area contributed by atoms with Gasteiger partial charge in [-0.1, -0.05) is 18.1 Å². The average molecular weight is 297 g/mol. The zero-order valence-corrected chi connectivity index (χ0v) is 13.0. The number of nitrogens with one attached hydrogen (secondary N) is 1. The summed E-state index contributed by atoms with van der Waals surface area (Å²) >= 11 is 0. The van der Waals surface area contributed by atoms with E-state index in [9.17, 15) is 4.79 Å². The van der Waals surface area contributed by atoms with Crippen LogP contribution in [0.3, 0.4) is 0 Å². The summed E-state index contributed by atoms with van der Waals surface area (Å²) in [7, 11) is 1.76. The summed E-state index contributed by atoms with van der Waals surface area (Å²) in [5, 5.41) is 7.05. The molecule has 5 heteroatoms. The SMILES string of the molecule is CC#CCOc1cccc(CNC(=O)c2cc(C)nn2C)c1. The van der Waals surface area contributed by atoms with E-state index < -0.39 is 0 Å². The minimum absolute atomic E-state index is 0.147. The number of benzene rings is 1. The van der Waals surface area contributed by atoms with Gasteiger partial charge >= 0.3 is 0 Å². The van der Waals surface area contributed by atoms with E-state index in [4.69, 9.17) is 4.74 Å². The number of carbonyl (C=O) groups excluding carboxylic acids is 1. The van der Waals surface area contributed by atoms with Gasteiger partial charge in [-0.25, -0.2) is 0 Å². The van der Waals surface area contributed by atoms with Crippen LogP contribution in [0.2, 0.25) is 0 Å². The molecule has 0 radical (unpaired) electrons. The summed E-state index contributed by atoms with van der Waals surface area (Å²) < 4.78 is 7.08. The van der Waals surface area contributed by atoms with Crippen molar-refractivity contribution in [1.29, 1.82) is 0 Å². The highest BCUT2D eigenvalue weighted by molar-refractivity contribution is 5.92. The molecule has 1 aromatic heterocycles. The fourth-order valence-electron chi connectivity index (χ4n) is 2.03. The van der Waals surface area contributed by atoms with E-state index in [-0.39, 0.29) is 5.91 Å². The van der Waals surface area contributed by atoms with Gasteiger partial charge in [0, 0.05) is 13.6 Å². The number of carbonyl (C=O) groups is 1. The van der Waals surface area contributed by atoms with Gasteiger partial charge in [-0.3, -0.25) is 9.48 Å². The van der Waals surface area contributed by atoms with Crippen LogP contribution in [0.4, 0.5) is 0 Å². The maximum atomic E-state index is 12.1. The number of aryl methyl sites for hydroxylation is 2. The quantitative estimate of drug-likeness (QED) is 0.860. The fraction of sp³-hybridized carbons (Fsp3) is 0.294. The molecule has 0 saturated heterocycles. The summed E-state index contributed by atoms with van der Waals surface area (Å²) in [6.07, 6.45) is 0. The lowest BCUT2D eigenvalue weighted by Crippen LogP contribution is -2.25. The fourth-order valence-corrected chi connectivity index (χ4v) is 2.03. The molecule has 0 fully saturated rings. The van der Waals surface area contributed by atoms with Crippen molar-refractivity contribution in [2.75, 3.05) is 6.61 Å². The Bertz CT molecular complexity index is 723. The zero-order chi connectivity index (χ0) is 15.9. The first kappa shape index (κ1) is 15.6. The molecule has 1 N–H and O–H groups in total. The molecule has 0 bridgehead atoms. The van der Waals surface area contributed by atoms with Gasteiger partial charge < -0.3 is 10.1 Å². The van der Waals surface area contributed by atoms with E-state index in [2.05, 4.69) is 22.3 Å². The molecular weight excluding hydrogens is 278 g/mol. The predicted molar refractivity (Wildman–Crippen MR) is 84.5 cm³/mol.